The number of aryl methyl sites for hydroxylation is 1. The standard InChI is InChI=1S/C22H25F3N4O2/c1-14-7-19(21(27-9-14)28-13-30)29-15(2)10-26-20(18-11-31-12-18)17-5-3-16(4-6-17)8-22(23,24)25/h3-7,9,13,18,20,26,29H,2,8,10-12H2,1H3,(H,27,28,30). The molecule has 0 spiro atoms. The van der Waals surface area contributed by atoms with Crippen LogP contribution in [0, 0.1) is 12.8 Å². The summed E-state index contributed by atoms with van der Waals surface area (Å²) >= 11 is 0. The van der Waals surface area contributed by atoms with Crippen LogP contribution in [0.4, 0.5) is 24.7 Å². The van der Waals surface area contributed by atoms with Crippen molar-refractivity contribution < 1.29 is 22.7 Å². The number of nitrogens with one attached hydrogen (secondary N) is 3. The summed E-state index contributed by atoms with van der Waals surface area (Å²) in [5.74, 6) is 0.611. The number of amides is 1. The Balaban J connectivity index is 1.65. The van der Waals surface area contributed by atoms with Crippen LogP contribution in [0.2, 0.25) is 0 Å². The number of aromatic nitrogens is 1. The molecule has 0 bridgehead atoms. The van der Waals surface area contributed by atoms with Gasteiger partial charge in [0, 0.05) is 30.4 Å². The van der Waals surface area contributed by atoms with Crippen LogP contribution in [-0.4, -0.2) is 37.3 Å². The highest BCUT2D eigenvalue weighted by Crippen LogP contribution is 2.30. The van der Waals surface area contributed by atoms with E-state index < -0.39 is 12.6 Å². The van der Waals surface area contributed by atoms with Crippen molar-refractivity contribution in [2.75, 3.05) is 30.4 Å². The Labute approximate surface area is 178 Å². The summed E-state index contributed by atoms with van der Waals surface area (Å²) in [4.78, 5) is 15.0. The molecule has 1 aliphatic rings. The molecular weight excluding hydrogens is 409 g/mol. The second-order valence-electron chi connectivity index (χ2n) is 7.59. The molecule has 0 radical (unpaired) electrons. The summed E-state index contributed by atoms with van der Waals surface area (Å²) in [5, 5.41) is 9.12. The Morgan fingerprint density at radius 2 is 2.03 bits per heavy atom. The minimum Gasteiger partial charge on any atom is -0.381 e. The number of alkyl halides is 3. The number of pyridine rings is 1. The number of anilines is 2. The number of halogens is 3. The molecule has 1 fully saturated rings. The molecule has 1 unspecified atom stereocenters. The van der Waals surface area contributed by atoms with Crippen LogP contribution in [0.25, 0.3) is 0 Å². The quantitative estimate of drug-likeness (QED) is 0.494. The van der Waals surface area contributed by atoms with E-state index in [0.717, 1.165) is 11.1 Å². The van der Waals surface area contributed by atoms with Crippen LogP contribution >= 0.6 is 0 Å². The van der Waals surface area contributed by atoms with E-state index in [1.807, 2.05) is 13.0 Å². The maximum absolute atomic E-state index is 12.6. The van der Waals surface area contributed by atoms with Gasteiger partial charge in [-0.25, -0.2) is 4.98 Å². The maximum atomic E-state index is 12.6. The SMILES string of the molecule is C=C(CNC(c1ccc(CC(F)(F)F)cc1)C1COC1)Nc1cc(C)cnc1NC=O. The zero-order valence-electron chi connectivity index (χ0n) is 17.1. The van der Waals surface area contributed by atoms with Crippen molar-refractivity contribution in [2.24, 2.45) is 5.92 Å². The zero-order valence-corrected chi connectivity index (χ0v) is 17.1. The summed E-state index contributed by atoms with van der Waals surface area (Å²) in [6, 6.07) is 8.24. The number of carbonyl (C=O) groups excluding carboxylic acids is 1. The van der Waals surface area contributed by atoms with Crippen molar-refractivity contribution in [2.45, 2.75) is 25.6 Å². The molecule has 6 nitrogen and oxygen atoms in total. The lowest BCUT2D eigenvalue weighted by Crippen LogP contribution is -2.41. The average Bonchev–Trinajstić information content (AvgIpc) is 2.65. The maximum Gasteiger partial charge on any atom is 0.393 e. The number of hydrogen-bond donors (Lipinski definition) is 3. The molecule has 2 aromatic rings. The smallest absolute Gasteiger partial charge is 0.381 e. The first kappa shape index (κ1) is 22.8. The Hall–Kier alpha value is -2.91. The van der Waals surface area contributed by atoms with Crippen molar-refractivity contribution in [3.05, 3.63) is 65.5 Å². The van der Waals surface area contributed by atoms with E-state index in [4.69, 9.17) is 4.74 Å². The highest BCUT2D eigenvalue weighted by Gasteiger charge is 2.30. The van der Waals surface area contributed by atoms with Gasteiger partial charge in [0.15, 0.2) is 5.82 Å². The van der Waals surface area contributed by atoms with Gasteiger partial charge in [0.25, 0.3) is 0 Å². The van der Waals surface area contributed by atoms with Crippen LogP contribution in [0.5, 0.6) is 0 Å². The van der Waals surface area contributed by atoms with Crippen molar-refractivity contribution in [1.29, 1.82) is 0 Å². The van der Waals surface area contributed by atoms with Gasteiger partial charge in [-0.2, -0.15) is 13.2 Å². The summed E-state index contributed by atoms with van der Waals surface area (Å²) in [6.07, 6.45) is -2.97. The van der Waals surface area contributed by atoms with Crippen molar-refractivity contribution >= 4 is 17.9 Å². The van der Waals surface area contributed by atoms with Crippen LogP contribution in [-0.2, 0) is 16.0 Å². The van der Waals surface area contributed by atoms with Gasteiger partial charge in [0.05, 0.1) is 25.3 Å². The molecule has 1 aromatic carbocycles. The first-order chi connectivity index (χ1) is 14.7. The monoisotopic (exact) mass is 434 g/mol. The largest absolute Gasteiger partial charge is 0.393 e. The van der Waals surface area contributed by atoms with Gasteiger partial charge in [0.2, 0.25) is 6.41 Å². The van der Waals surface area contributed by atoms with E-state index in [1.165, 1.54) is 12.1 Å². The second kappa shape index (κ2) is 9.93. The van der Waals surface area contributed by atoms with Crippen LogP contribution < -0.4 is 16.0 Å². The Bertz CT molecular complexity index is 912. The van der Waals surface area contributed by atoms with Gasteiger partial charge in [-0.05, 0) is 29.7 Å². The molecule has 166 valence electrons. The topological polar surface area (TPSA) is 75.3 Å². The molecule has 3 rings (SSSR count). The van der Waals surface area contributed by atoms with E-state index in [1.54, 1.807) is 18.3 Å². The van der Waals surface area contributed by atoms with Gasteiger partial charge < -0.3 is 20.7 Å². The number of nitrogens with zero attached hydrogens (tertiary/aromatic N) is 1. The molecule has 0 saturated carbocycles. The van der Waals surface area contributed by atoms with Gasteiger partial charge in [0.1, 0.15) is 0 Å². The molecular formula is C22H25F3N4O2. The first-order valence-electron chi connectivity index (χ1n) is 9.83. The van der Waals surface area contributed by atoms with Gasteiger partial charge in [-0.3, -0.25) is 4.79 Å². The predicted molar refractivity (Wildman–Crippen MR) is 113 cm³/mol. The van der Waals surface area contributed by atoms with Crippen LogP contribution in [0.3, 0.4) is 0 Å². The van der Waals surface area contributed by atoms with E-state index in [2.05, 4.69) is 27.5 Å². The third-order valence-corrected chi connectivity index (χ3v) is 4.95. The number of hydrogen-bond acceptors (Lipinski definition) is 5. The lowest BCUT2D eigenvalue weighted by atomic mass is 9.90. The molecule has 1 saturated heterocycles. The molecule has 31 heavy (non-hydrogen) atoms. The van der Waals surface area contributed by atoms with Crippen LogP contribution in [0.1, 0.15) is 22.7 Å². The number of rotatable bonds is 10. The average molecular weight is 434 g/mol. The lowest BCUT2D eigenvalue weighted by molar-refractivity contribution is -0.127. The van der Waals surface area contributed by atoms with E-state index in [0.29, 0.717) is 43.4 Å². The Morgan fingerprint density at radius 1 is 1.32 bits per heavy atom. The normalized spacial score (nSPS) is 15.1. The Kier molecular flexibility index (Phi) is 7.29. The number of benzene rings is 1. The first-order valence-corrected chi connectivity index (χ1v) is 9.83. The predicted octanol–water partition coefficient (Wildman–Crippen LogP) is 3.97. The molecule has 9 heteroatoms. The molecule has 1 aliphatic heterocycles. The highest BCUT2D eigenvalue weighted by atomic mass is 19.4. The fourth-order valence-electron chi connectivity index (χ4n) is 3.38. The summed E-state index contributed by atoms with van der Waals surface area (Å²) in [5.41, 5.74) is 3.32. The molecule has 1 amide bonds. The summed E-state index contributed by atoms with van der Waals surface area (Å²) < 4.78 is 43.1. The summed E-state index contributed by atoms with van der Waals surface area (Å²) in [7, 11) is 0. The van der Waals surface area contributed by atoms with Gasteiger partial charge >= 0.3 is 6.18 Å². The van der Waals surface area contributed by atoms with E-state index >= 15 is 0 Å². The zero-order chi connectivity index (χ0) is 22.4. The third-order valence-electron chi connectivity index (χ3n) is 4.95. The minimum absolute atomic E-state index is 0.0876. The third kappa shape index (κ3) is 6.53. The molecule has 2 heterocycles. The second-order valence-corrected chi connectivity index (χ2v) is 7.59. The van der Waals surface area contributed by atoms with Gasteiger partial charge in [-0.15, -0.1) is 0 Å². The number of ether oxygens (including phenoxy) is 1. The van der Waals surface area contributed by atoms with Crippen molar-refractivity contribution in [3.63, 3.8) is 0 Å². The Morgan fingerprint density at radius 3 is 2.61 bits per heavy atom. The summed E-state index contributed by atoms with van der Waals surface area (Å²) in [6.45, 7) is 7.48. The van der Waals surface area contributed by atoms with Gasteiger partial charge in [-0.1, -0.05) is 30.8 Å². The fraction of sp³-hybridized carbons (Fsp3) is 0.364. The van der Waals surface area contributed by atoms with Crippen molar-refractivity contribution in [3.8, 4) is 0 Å². The highest BCUT2D eigenvalue weighted by molar-refractivity contribution is 5.78. The van der Waals surface area contributed by atoms with E-state index in [-0.39, 0.29) is 17.5 Å². The molecule has 1 atom stereocenters. The fourth-order valence-corrected chi connectivity index (χ4v) is 3.38. The molecule has 3 N–H and O–H groups in total. The van der Waals surface area contributed by atoms with Crippen LogP contribution in [0.15, 0.2) is 48.8 Å². The lowest BCUT2D eigenvalue weighted by Gasteiger charge is -2.35. The number of carbonyl (C=O) groups is 1. The van der Waals surface area contributed by atoms with E-state index in [9.17, 15) is 18.0 Å². The van der Waals surface area contributed by atoms with Crippen molar-refractivity contribution in [1.82, 2.24) is 10.3 Å². The molecule has 1 aromatic heterocycles. The minimum atomic E-state index is -4.23. The molecule has 0 aliphatic carbocycles.